The van der Waals surface area contributed by atoms with Gasteiger partial charge in [-0.3, -0.25) is 9.59 Å². The Balaban J connectivity index is 1.64. The van der Waals surface area contributed by atoms with Crippen LogP contribution in [0.15, 0.2) is 48.5 Å². The summed E-state index contributed by atoms with van der Waals surface area (Å²) in [5, 5.41) is 2.88. The zero-order valence-electron chi connectivity index (χ0n) is 15.3. The highest BCUT2D eigenvalue weighted by molar-refractivity contribution is 5.89. The van der Waals surface area contributed by atoms with Crippen molar-refractivity contribution in [3.63, 3.8) is 0 Å². The van der Waals surface area contributed by atoms with Crippen LogP contribution in [-0.4, -0.2) is 36.0 Å². The summed E-state index contributed by atoms with van der Waals surface area (Å²) >= 11 is 0. The number of carbonyl (C=O) groups is 2. The van der Waals surface area contributed by atoms with Crippen LogP contribution < -0.4 is 5.32 Å². The molecule has 2 amide bonds. The lowest BCUT2D eigenvalue weighted by Gasteiger charge is -2.34. The Labute approximate surface area is 158 Å². The van der Waals surface area contributed by atoms with Crippen LogP contribution in [0.4, 0.5) is 4.39 Å². The first-order valence-corrected chi connectivity index (χ1v) is 9.04. The Morgan fingerprint density at radius 1 is 1.11 bits per heavy atom. The highest BCUT2D eigenvalue weighted by Crippen LogP contribution is 2.15. The monoisotopic (exact) mass is 370 g/mol. The second kappa shape index (κ2) is 8.77. The van der Waals surface area contributed by atoms with Gasteiger partial charge >= 0.3 is 0 Å². The lowest BCUT2D eigenvalue weighted by molar-refractivity contribution is -0.155. The van der Waals surface area contributed by atoms with E-state index in [0.29, 0.717) is 6.54 Å². The Bertz CT molecular complexity index is 790. The minimum absolute atomic E-state index is 0.0521. The number of hydrogen-bond acceptors (Lipinski definition) is 3. The van der Waals surface area contributed by atoms with Crippen LogP contribution in [0.25, 0.3) is 0 Å². The van der Waals surface area contributed by atoms with E-state index in [1.54, 1.807) is 12.1 Å². The van der Waals surface area contributed by atoms with E-state index in [9.17, 15) is 14.0 Å². The molecule has 0 radical (unpaired) electrons. The Morgan fingerprint density at radius 2 is 1.74 bits per heavy atom. The molecule has 1 N–H and O–H groups in total. The highest BCUT2D eigenvalue weighted by atomic mass is 19.1. The van der Waals surface area contributed by atoms with Gasteiger partial charge in [0.25, 0.3) is 0 Å². The highest BCUT2D eigenvalue weighted by Gasteiger charge is 2.33. The van der Waals surface area contributed by atoms with Gasteiger partial charge in [-0.15, -0.1) is 0 Å². The zero-order chi connectivity index (χ0) is 19.2. The lowest BCUT2D eigenvalue weighted by atomic mass is 10.1. The number of nitrogens with one attached hydrogen (secondary N) is 1. The van der Waals surface area contributed by atoms with Crippen molar-refractivity contribution in [2.24, 2.45) is 0 Å². The molecule has 1 atom stereocenters. The van der Waals surface area contributed by atoms with E-state index < -0.39 is 6.04 Å². The SMILES string of the molecule is CCc1ccc(CNC(=O)[C@@H]2COCC(=O)N2Cc2ccc(F)cc2)cc1. The first-order valence-electron chi connectivity index (χ1n) is 9.04. The Kier molecular flexibility index (Phi) is 6.19. The fourth-order valence-corrected chi connectivity index (χ4v) is 3.01. The third-order valence-electron chi connectivity index (χ3n) is 4.66. The van der Waals surface area contributed by atoms with Crippen LogP contribution in [0, 0.1) is 5.82 Å². The number of nitrogens with zero attached hydrogens (tertiary/aromatic N) is 1. The Hall–Kier alpha value is -2.73. The molecular weight excluding hydrogens is 347 g/mol. The van der Waals surface area contributed by atoms with Crippen LogP contribution in [-0.2, 0) is 33.8 Å². The van der Waals surface area contributed by atoms with Crippen molar-refractivity contribution in [1.82, 2.24) is 10.2 Å². The molecule has 1 heterocycles. The standard InChI is InChI=1S/C21H23FN2O3/c1-2-15-3-5-16(6-4-15)11-23-21(26)19-13-27-14-20(25)24(19)12-17-7-9-18(22)10-8-17/h3-10,19H,2,11-14H2,1H3,(H,23,26)/t19-/m0/s1. The second-order valence-corrected chi connectivity index (χ2v) is 6.57. The number of benzene rings is 2. The zero-order valence-corrected chi connectivity index (χ0v) is 15.3. The van der Waals surface area contributed by atoms with Crippen LogP contribution in [0.1, 0.15) is 23.6 Å². The molecule has 0 unspecified atom stereocenters. The molecule has 1 aliphatic rings. The number of hydrogen-bond donors (Lipinski definition) is 1. The average molecular weight is 370 g/mol. The van der Waals surface area contributed by atoms with E-state index >= 15 is 0 Å². The number of halogens is 1. The molecule has 142 valence electrons. The summed E-state index contributed by atoms with van der Waals surface area (Å²) in [5.74, 6) is -0.849. The van der Waals surface area contributed by atoms with Gasteiger partial charge < -0.3 is 15.0 Å². The summed E-state index contributed by atoms with van der Waals surface area (Å²) in [6.45, 7) is 2.81. The minimum atomic E-state index is -0.703. The normalized spacial score (nSPS) is 17.0. The van der Waals surface area contributed by atoms with Crippen molar-refractivity contribution >= 4 is 11.8 Å². The average Bonchev–Trinajstić information content (AvgIpc) is 2.69. The summed E-state index contributed by atoms with van der Waals surface area (Å²) in [7, 11) is 0. The number of rotatable bonds is 6. The van der Waals surface area contributed by atoms with Crippen molar-refractivity contribution in [2.45, 2.75) is 32.5 Å². The fraction of sp³-hybridized carbons (Fsp3) is 0.333. The topological polar surface area (TPSA) is 58.6 Å². The van der Waals surface area contributed by atoms with E-state index in [1.807, 2.05) is 24.3 Å². The summed E-state index contributed by atoms with van der Waals surface area (Å²) in [4.78, 5) is 26.4. The molecule has 3 rings (SSSR count). The number of ether oxygens (including phenoxy) is 1. The van der Waals surface area contributed by atoms with Gasteiger partial charge in [0.15, 0.2) is 0 Å². The molecule has 6 heteroatoms. The van der Waals surface area contributed by atoms with Gasteiger partial charge in [0.05, 0.1) is 6.61 Å². The van der Waals surface area contributed by atoms with Crippen LogP contribution in [0.3, 0.4) is 0 Å². The van der Waals surface area contributed by atoms with E-state index in [0.717, 1.165) is 17.5 Å². The lowest BCUT2D eigenvalue weighted by Crippen LogP contribution is -2.55. The fourth-order valence-electron chi connectivity index (χ4n) is 3.01. The molecule has 5 nitrogen and oxygen atoms in total. The molecule has 2 aromatic rings. The second-order valence-electron chi connectivity index (χ2n) is 6.57. The van der Waals surface area contributed by atoms with Crippen molar-refractivity contribution in [3.05, 3.63) is 71.0 Å². The maximum Gasteiger partial charge on any atom is 0.249 e. The molecule has 1 aliphatic heterocycles. The van der Waals surface area contributed by atoms with Gasteiger partial charge in [-0.25, -0.2) is 4.39 Å². The molecule has 2 aromatic carbocycles. The quantitative estimate of drug-likeness (QED) is 0.850. The number of aryl methyl sites for hydroxylation is 1. The molecule has 27 heavy (non-hydrogen) atoms. The number of amides is 2. The summed E-state index contributed by atoms with van der Waals surface area (Å²) in [6.07, 6.45) is 0.965. The summed E-state index contributed by atoms with van der Waals surface area (Å²) < 4.78 is 18.4. The van der Waals surface area contributed by atoms with Crippen molar-refractivity contribution in [1.29, 1.82) is 0 Å². The van der Waals surface area contributed by atoms with Crippen LogP contribution in [0.5, 0.6) is 0 Å². The molecule has 1 saturated heterocycles. The summed E-state index contributed by atoms with van der Waals surface area (Å²) in [6, 6.07) is 13.3. The van der Waals surface area contributed by atoms with Crippen molar-refractivity contribution < 1.29 is 18.7 Å². The maximum absolute atomic E-state index is 13.1. The molecule has 0 aliphatic carbocycles. The predicted molar refractivity (Wildman–Crippen MR) is 99.2 cm³/mol. The molecule has 0 saturated carbocycles. The first-order chi connectivity index (χ1) is 13.1. The molecule has 0 bridgehead atoms. The Morgan fingerprint density at radius 3 is 2.41 bits per heavy atom. The molecular formula is C21H23FN2O3. The first kappa shape index (κ1) is 19.0. The molecule has 0 spiro atoms. The van der Waals surface area contributed by atoms with Gasteiger partial charge in [0, 0.05) is 13.1 Å². The summed E-state index contributed by atoms with van der Waals surface area (Å²) in [5.41, 5.74) is 3.00. The minimum Gasteiger partial charge on any atom is -0.369 e. The predicted octanol–water partition coefficient (Wildman–Crippen LogP) is 2.43. The largest absolute Gasteiger partial charge is 0.369 e. The van der Waals surface area contributed by atoms with Crippen molar-refractivity contribution in [3.8, 4) is 0 Å². The van der Waals surface area contributed by atoms with Crippen molar-refractivity contribution in [2.75, 3.05) is 13.2 Å². The van der Waals surface area contributed by atoms with Crippen LogP contribution in [0.2, 0.25) is 0 Å². The van der Waals surface area contributed by atoms with Gasteiger partial charge in [0.2, 0.25) is 11.8 Å². The number of morpholine rings is 1. The van der Waals surface area contributed by atoms with E-state index in [2.05, 4.69) is 12.2 Å². The third kappa shape index (κ3) is 4.92. The smallest absolute Gasteiger partial charge is 0.249 e. The van der Waals surface area contributed by atoms with Crippen LogP contribution >= 0.6 is 0 Å². The van der Waals surface area contributed by atoms with Gasteiger partial charge in [-0.1, -0.05) is 43.3 Å². The van der Waals surface area contributed by atoms with E-state index in [1.165, 1.54) is 22.6 Å². The van der Waals surface area contributed by atoms with Gasteiger partial charge in [0.1, 0.15) is 18.5 Å². The third-order valence-corrected chi connectivity index (χ3v) is 4.66. The number of carbonyl (C=O) groups excluding carboxylic acids is 2. The van der Waals surface area contributed by atoms with Gasteiger partial charge in [-0.2, -0.15) is 0 Å². The van der Waals surface area contributed by atoms with E-state index in [-0.39, 0.29) is 37.4 Å². The molecule has 1 fully saturated rings. The van der Waals surface area contributed by atoms with E-state index in [4.69, 9.17) is 4.74 Å². The molecule has 0 aromatic heterocycles. The maximum atomic E-state index is 13.1. The van der Waals surface area contributed by atoms with Gasteiger partial charge in [-0.05, 0) is 35.2 Å².